The normalized spacial score (nSPS) is 19.3. The number of alkyl halides is 3. The molecule has 1 atom stereocenters. The highest BCUT2D eigenvalue weighted by Gasteiger charge is 2.36. The van der Waals surface area contributed by atoms with E-state index in [1.807, 2.05) is 0 Å². The summed E-state index contributed by atoms with van der Waals surface area (Å²) in [5.74, 6) is -0.526. The van der Waals surface area contributed by atoms with E-state index < -0.39 is 33.4 Å². The Balaban J connectivity index is 1.33. The van der Waals surface area contributed by atoms with Gasteiger partial charge in [-0.15, -0.1) is 0 Å². The highest BCUT2D eigenvalue weighted by molar-refractivity contribution is 7.93. The molecule has 0 saturated carbocycles. The number of sulfonamides is 1. The van der Waals surface area contributed by atoms with E-state index in [4.69, 9.17) is 4.74 Å². The molecule has 0 bridgehead atoms. The van der Waals surface area contributed by atoms with Gasteiger partial charge in [-0.1, -0.05) is 18.2 Å². The van der Waals surface area contributed by atoms with Crippen LogP contribution in [0.25, 0.3) is 10.9 Å². The van der Waals surface area contributed by atoms with E-state index in [0.717, 1.165) is 38.5 Å². The van der Waals surface area contributed by atoms with Crippen LogP contribution >= 0.6 is 0 Å². The average molecular weight is 563 g/mol. The Bertz CT molecular complexity index is 1450. The number of fused-ring (bicyclic) bond motifs is 1. The first-order valence-corrected chi connectivity index (χ1v) is 14.3. The van der Waals surface area contributed by atoms with E-state index in [1.165, 1.54) is 29.3 Å². The lowest BCUT2D eigenvalue weighted by Gasteiger charge is -2.37. The Morgan fingerprint density at radius 2 is 1.82 bits per heavy atom. The standard InChI is InChI=1S/C27H29F3N4O4S/c28-27(29,30)22-17-20(26(35)34-14-12-33(13-15-34)18-21-7-1-2-16-38-21)9-10-23(22)32-39(36,37)24-8-3-5-19-6-4-11-31-25(19)24/h3-6,8-11,17,21,32H,1-2,7,12-16,18H2. The second kappa shape index (κ2) is 11.1. The molecule has 2 aromatic carbocycles. The third-order valence-electron chi connectivity index (χ3n) is 7.10. The maximum atomic E-state index is 14.0. The molecule has 0 spiro atoms. The number of hydrogen-bond acceptors (Lipinski definition) is 6. The molecule has 2 aliphatic rings. The van der Waals surface area contributed by atoms with E-state index in [0.29, 0.717) is 37.6 Å². The number of anilines is 1. The van der Waals surface area contributed by atoms with Gasteiger partial charge in [0.25, 0.3) is 15.9 Å². The lowest BCUT2D eigenvalue weighted by atomic mass is 10.1. The van der Waals surface area contributed by atoms with Gasteiger partial charge in [-0.2, -0.15) is 13.2 Å². The van der Waals surface area contributed by atoms with E-state index in [1.54, 1.807) is 18.2 Å². The fourth-order valence-electron chi connectivity index (χ4n) is 5.05. The zero-order valence-electron chi connectivity index (χ0n) is 21.2. The zero-order chi connectivity index (χ0) is 27.6. The highest BCUT2D eigenvalue weighted by Crippen LogP contribution is 2.37. The van der Waals surface area contributed by atoms with Gasteiger partial charge in [-0.3, -0.25) is 19.4 Å². The van der Waals surface area contributed by atoms with Crippen molar-refractivity contribution in [3.05, 3.63) is 65.9 Å². The van der Waals surface area contributed by atoms with Gasteiger partial charge in [0.2, 0.25) is 0 Å². The number of amides is 1. The summed E-state index contributed by atoms with van der Waals surface area (Å²) in [7, 11) is -4.42. The highest BCUT2D eigenvalue weighted by atomic mass is 32.2. The number of rotatable bonds is 6. The zero-order valence-corrected chi connectivity index (χ0v) is 22.0. The quantitative estimate of drug-likeness (QED) is 0.480. The number of pyridine rings is 1. The van der Waals surface area contributed by atoms with Crippen LogP contribution < -0.4 is 4.72 Å². The molecule has 1 N–H and O–H groups in total. The molecule has 1 aromatic heterocycles. The minimum Gasteiger partial charge on any atom is -0.377 e. The van der Waals surface area contributed by atoms with Gasteiger partial charge in [0.15, 0.2) is 0 Å². The van der Waals surface area contributed by atoms with Crippen LogP contribution in [0.5, 0.6) is 0 Å². The monoisotopic (exact) mass is 562 g/mol. The van der Waals surface area contributed by atoms with Crippen molar-refractivity contribution in [2.75, 3.05) is 44.1 Å². The van der Waals surface area contributed by atoms with E-state index in [9.17, 15) is 26.4 Å². The molecule has 0 aliphatic carbocycles. The van der Waals surface area contributed by atoms with Gasteiger partial charge in [-0.25, -0.2) is 8.42 Å². The Morgan fingerprint density at radius 1 is 1.05 bits per heavy atom. The first kappa shape index (κ1) is 27.4. The van der Waals surface area contributed by atoms with Crippen LogP contribution in [-0.4, -0.2) is 74.5 Å². The second-order valence-electron chi connectivity index (χ2n) is 9.78. The SMILES string of the molecule is O=C(c1ccc(NS(=O)(=O)c2cccc3cccnc23)c(C(F)(F)F)c1)N1CCN(CC2CCCCO2)CC1. The third-order valence-corrected chi connectivity index (χ3v) is 8.49. The number of nitrogens with zero attached hydrogens (tertiary/aromatic N) is 3. The number of carbonyl (C=O) groups excluding carboxylic acids is 1. The molecule has 2 saturated heterocycles. The minimum atomic E-state index is -4.90. The maximum Gasteiger partial charge on any atom is 0.418 e. The molecule has 3 aromatic rings. The summed E-state index contributed by atoms with van der Waals surface area (Å²) in [5, 5.41) is 0.531. The largest absolute Gasteiger partial charge is 0.418 e. The van der Waals surface area contributed by atoms with E-state index in [2.05, 4.69) is 14.6 Å². The predicted octanol–water partition coefficient (Wildman–Crippen LogP) is 4.38. The molecule has 208 valence electrons. The number of carbonyl (C=O) groups is 1. The fourth-order valence-corrected chi connectivity index (χ4v) is 6.31. The average Bonchev–Trinajstić information content (AvgIpc) is 2.93. The van der Waals surface area contributed by atoms with Crippen molar-refractivity contribution in [1.82, 2.24) is 14.8 Å². The van der Waals surface area contributed by atoms with Crippen molar-refractivity contribution in [1.29, 1.82) is 0 Å². The molecule has 8 nitrogen and oxygen atoms in total. The Morgan fingerprint density at radius 3 is 2.54 bits per heavy atom. The molecule has 1 amide bonds. The lowest BCUT2D eigenvalue weighted by Crippen LogP contribution is -2.50. The number of piperazine rings is 1. The summed E-state index contributed by atoms with van der Waals surface area (Å²) in [4.78, 5) is 20.7. The Labute approximate surface area is 224 Å². The van der Waals surface area contributed by atoms with Crippen molar-refractivity contribution in [2.45, 2.75) is 36.4 Å². The summed E-state index contributed by atoms with van der Waals surface area (Å²) in [6.45, 7) is 3.52. The van der Waals surface area contributed by atoms with Crippen LogP contribution in [0.3, 0.4) is 0 Å². The molecule has 1 unspecified atom stereocenters. The number of para-hydroxylation sites is 1. The number of hydrogen-bond donors (Lipinski definition) is 1. The summed E-state index contributed by atoms with van der Waals surface area (Å²) >= 11 is 0. The summed E-state index contributed by atoms with van der Waals surface area (Å²) in [6, 6.07) is 10.6. The topological polar surface area (TPSA) is 91.8 Å². The van der Waals surface area contributed by atoms with Gasteiger partial charge < -0.3 is 9.64 Å². The van der Waals surface area contributed by atoms with Gasteiger partial charge >= 0.3 is 6.18 Å². The van der Waals surface area contributed by atoms with Gasteiger partial charge in [0.1, 0.15) is 4.90 Å². The van der Waals surface area contributed by atoms with Crippen molar-refractivity contribution in [3.8, 4) is 0 Å². The molecule has 3 heterocycles. The van der Waals surface area contributed by atoms with Crippen molar-refractivity contribution >= 4 is 32.5 Å². The number of benzene rings is 2. The number of nitrogens with one attached hydrogen (secondary N) is 1. The smallest absolute Gasteiger partial charge is 0.377 e. The van der Waals surface area contributed by atoms with Crippen LogP contribution in [0, 0.1) is 0 Å². The van der Waals surface area contributed by atoms with Crippen LogP contribution in [0.1, 0.15) is 35.2 Å². The second-order valence-corrected chi connectivity index (χ2v) is 11.4. The fraction of sp³-hybridized carbons (Fsp3) is 0.407. The molecule has 12 heteroatoms. The molecule has 2 aliphatic heterocycles. The number of halogens is 3. The molecule has 39 heavy (non-hydrogen) atoms. The molecule has 2 fully saturated rings. The number of ether oxygens (including phenoxy) is 1. The molecular weight excluding hydrogens is 533 g/mol. The third kappa shape index (κ3) is 6.18. The first-order valence-electron chi connectivity index (χ1n) is 12.8. The minimum absolute atomic E-state index is 0.141. The van der Waals surface area contributed by atoms with Crippen LogP contribution in [0.4, 0.5) is 18.9 Å². The maximum absolute atomic E-state index is 14.0. The summed E-state index contributed by atoms with van der Waals surface area (Å²) < 4.78 is 76.2. The predicted molar refractivity (Wildman–Crippen MR) is 140 cm³/mol. The molecule has 5 rings (SSSR count). The van der Waals surface area contributed by atoms with Gasteiger partial charge in [0.05, 0.1) is 22.9 Å². The van der Waals surface area contributed by atoms with Gasteiger partial charge in [-0.05, 0) is 49.6 Å². The lowest BCUT2D eigenvalue weighted by molar-refractivity contribution is -0.136. The van der Waals surface area contributed by atoms with Gasteiger partial charge in [0, 0.05) is 56.5 Å². The first-order chi connectivity index (χ1) is 18.6. The molecule has 0 radical (unpaired) electrons. The Kier molecular flexibility index (Phi) is 7.79. The summed E-state index contributed by atoms with van der Waals surface area (Å²) in [5.41, 5.74) is -1.91. The van der Waals surface area contributed by atoms with E-state index in [-0.39, 0.29) is 22.1 Å². The summed E-state index contributed by atoms with van der Waals surface area (Å²) in [6.07, 6.45) is -0.103. The van der Waals surface area contributed by atoms with Crippen LogP contribution in [0.2, 0.25) is 0 Å². The Hall–Kier alpha value is -3.22. The van der Waals surface area contributed by atoms with Crippen LogP contribution in [0.15, 0.2) is 59.6 Å². The van der Waals surface area contributed by atoms with E-state index >= 15 is 0 Å². The molecular formula is C27H29F3N4O4S. The van der Waals surface area contributed by atoms with Crippen molar-refractivity contribution < 1.29 is 31.1 Å². The van der Waals surface area contributed by atoms with Crippen LogP contribution in [-0.2, 0) is 20.9 Å². The van der Waals surface area contributed by atoms with Crippen molar-refractivity contribution in [2.24, 2.45) is 0 Å². The number of aromatic nitrogens is 1. The van der Waals surface area contributed by atoms with Crippen molar-refractivity contribution in [3.63, 3.8) is 0 Å².